The molecule has 0 aromatic rings. The normalized spacial score (nSPS) is 26.0. The molecule has 13 heavy (non-hydrogen) atoms. The molecule has 0 spiro atoms. The standard InChI is InChI=1S/C10H18N2S/c1-9(7-11)12-8-10-3-2-5-13-6-4-10/h9-10,12H,2-6,8H2,1H3. The summed E-state index contributed by atoms with van der Waals surface area (Å²) in [7, 11) is 0. The average Bonchev–Trinajstić information content (AvgIpc) is 2.42. The van der Waals surface area contributed by atoms with Crippen LogP contribution in [0.2, 0.25) is 0 Å². The van der Waals surface area contributed by atoms with Gasteiger partial charge in [0.05, 0.1) is 12.1 Å². The van der Waals surface area contributed by atoms with E-state index < -0.39 is 0 Å². The third-order valence-corrected chi connectivity index (χ3v) is 3.58. The molecule has 0 aromatic carbocycles. The Hall–Kier alpha value is -0.200. The van der Waals surface area contributed by atoms with Gasteiger partial charge in [-0.15, -0.1) is 0 Å². The summed E-state index contributed by atoms with van der Waals surface area (Å²) in [6, 6.07) is 2.21. The van der Waals surface area contributed by atoms with Gasteiger partial charge in [0.15, 0.2) is 0 Å². The number of nitriles is 1. The van der Waals surface area contributed by atoms with Crippen molar-refractivity contribution < 1.29 is 0 Å². The largest absolute Gasteiger partial charge is 0.302 e. The first-order valence-corrected chi connectivity index (χ1v) is 6.19. The summed E-state index contributed by atoms with van der Waals surface area (Å²) in [4.78, 5) is 0. The molecule has 1 heterocycles. The van der Waals surface area contributed by atoms with Crippen LogP contribution in [0.4, 0.5) is 0 Å². The Bertz CT molecular complexity index is 168. The van der Waals surface area contributed by atoms with Gasteiger partial charge in [-0.3, -0.25) is 0 Å². The zero-order valence-corrected chi connectivity index (χ0v) is 9.07. The maximum atomic E-state index is 8.60. The summed E-state index contributed by atoms with van der Waals surface area (Å²) in [6.45, 7) is 2.95. The molecule has 0 aromatic heterocycles. The van der Waals surface area contributed by atoms with E-state index in [1.54, 1.807) is 0 Å². The lowest BCUT2D eigenvalue weighted by atomic mass is 10.0. The summed E-state index contributed by atoms with van der Waals surface area (Å²) in [5.41, 5.74) is 0. The molecular formula is C10H18N2S. The third kappa shape index (κ3) is 4.54. The predicted octanol–water partition coefficient (Wildman–Crippen LogP) is 2.02. The lowest BCUT2D eigenvalue weighted by Crippen LogP contribution is -2.30. The van der Waals surface area contributed by atoms with Crippen molar-refractivity contribution in [2.75, 3.05) is 18.1 Å². The van der Waals surface area contributed by atoms with Crippen LogP contribution in [0.25, 0.3) is 0 Å². The van der Waals surface area contributed by atoms with Crippen LogP contribution >= 0.6 is 11.8 Å². The average molecular weight is 198 g/mol. The third-order valence-electron chi connectivity index (χ3n) is 2.48. The number of hydrogen-bond acceptors (Lipinski definition) is 3. The number of nitrogens with one attached hydrogen (secondary N) is 1. The van der Waals surface area contributed by atoms with Crippen LogP contribution < -0.4 is 5.32 Å². The highest BCUT2D eigenvalue weighted by Crippen LogP contribution is 2.21. The Kier molecular flexibility index (Phi) is 5.26. The van der Waals surface area contributed by atoms with E-state index in [4.69, 9.17) is 5.26 Å². The summed E-state index contributed by atoms with van der Waals surface area (Å²) in [5.74, 6) is 3.42. The second-order valence-electron chi connectivity index (χ2n) is 3.67. The minimum atomic E-state index is 0.0101. The van der Waals surface area contributed by atoms with Crippen molar-refractivity contribution in [1.82, 2.24) is 5.32 Å². The Labute approximate surface area is 85.1 Å². The maximum Gasteiger partial charge on any atom is 0.0924 e. The van der Waals surface area contributed by atoms with Crippen LogP contribution in [0, 0.1) is 17.2 Å². The van der Waals surface area contributed by atoms with Crippen molar-refractivity contribution in [2.45, 2.75) is 32.2 Å². The molecule has 1 aliphatic rings. The molecule has 2 unspecified atom stereocenters. The topological polar surface area (TPSA) is 35.8 Å². The zero-order valence-electron chi connectivity index (χ0n) is 8.25. The van der Waals surface area contributed by atoms with Gasteiger partial charge in [-0.1, -0.05) is 0 Å². The van der Waals surface area contributed by atoms with E-state index in [9.17, 15) is 0 Å². The van der Waals surface area contributed by atoms with Crippen molar-refractivity contribution in [2.24, 2.45) is 5.92 Å². The minimum absolute atomic E-state index is 0.0101. The fourth-order valence-electron chi connectivity index (χ4n) is 1.56. The predicted molar refractivity (Wildman–Crippen MR) is 57.7 cm³/mol. The Balaban J connectivity index is 2.16. The van der Waals surface area contributed by atoms with Gasteiger partial charge in [-0.25, -0.2) is 0 Å². The molecule has 74 valence electrons. The minimum Gasteiger partial charge on any atom is -0.302 e. The molecule has 1 aliphatic heterocycles. The summed E-state index contributed by atoms with van der Waals surface area (Å²) >= 11 is 2.07. The van der Waals surface area contributed by atoms with Gasteiger partial charge in [-0.05, 0) is 50.2 Å². The number of thioether (sulfide) groups is 1. The Morgan fingerprint density at radius 1 is 1.54 bits per heavy atom. The first-order valence-electron chi connectivity index (χ1n) is 5.03. The second-order valence-corrected chi connectivity index (χ2v) is 4.89. The number of hydrogen-bond donors (Lipinski definition) is 1. The molecular weight excluding hydrogens is 180 g/mol. The molecule has 0 aliphatic carbocycles. The van der Waals surface area contributed by atoms with E-state index in [-0.39, 0.29) is 6.04 Å². The quantitative estimate of drug-likeness (QED) is 0.753. The lowest BCUT2D eigenvalue weighted by molar-refractivity contribution is 0.429. The molecule has 2 atom stereocenters. The van der Waals surface area contributed by atoms with Gasteiger partial charge in [0.1, 0.15) is 0 Å². The van der Waals surface area contributed by atoms with E-state index in [1.807, 2.05) is 6.92 Å². The maximum absolute atomic E-state index is 8.60. The molecule has 1 N–H and O–H groups in total. The van der Waals surface area contributed by atoms with Gasteiger partial charge in [-0.2, -0.15) is 17.0 Å². The molecule has 1 fully saturated rings. The first-order chi connectivity index (χ1) is 6.33. The van der Waals surface area contributed by atoms with E-state index in [0.717, 1.165) is 12.5 Å². The molecule has 1 saturated heterocycles. The monoisotopic (exact) mass is 198 g/mol. The number of nitrogens with zero attached hydrogens (tertiary/aromatic N) is 1. The van der Waals surface area contributed by atoms with Crippen LogP contribution in [-0.4, -0.2) is 24.1 Å². The van der Waals surface area contributed by atoms with Crippen molar-refractivity contribution in [3.8, 4) is 6.07 Å². The van der Waals surface area contributed by atoms with E-state index in [1.165, 1.54) is 30.8 Å². The molecule has 0 amide bonds. The van der Waals surface area contributed by atoms with E-state index in [2.05, 4.69) is 23.1 Å². The van der Waals surface area contributed by atoms with Crippen LogP contribution in [0.15, 0.2) is 0 Å². The van der Waals surface area contributed by atoms with Crippen LogP contribution in [-0.2, 0) is 0 Å². The Morgan fingerprint density at radius 3 is 3.15 bits per heavy atom. The van der Waals surface area contributed by atoms with E-state index in [0.29, 0.717) is 0 Å². The van der Waals surface area contributed by atoms with Crippen LogP contribution in [0.5, 0.6) is 0 Å². The van der Waals surface area contributed by atoms with Gasteiger partial charge < -0.3 is 5.32 Å². The fraction of sp³-hybridized carbons (Fsp3) is 0.900. The van der Waals surface area contributed by atoms with Gasteiger partial charge >= 0.3 is 0 Å². The second kappa shape index (κ2) is 6.28. The smallest absolute Gasteiger partial charge is 0.0924 e. The van der Waals surface area contributed by atoms with E-state index >= 15 is 0 Å². The van der Waals surface area contributed by atoms with Crippen LogP contribution in [0.1, 0.15) is 26.2 Å². The summed E-state index contributed by atoms with van der Waals surface area (Å²) in [6.07, 6.45) is 3.99. The zero-order chi connectivity index (χ0) is 9.52. The molecule has 1 rings (SSSR count). The fourth-order valence-corrected chi connectivity index (χ4v) is 2.64. The van der Waals surface area contributed by atoms with Crippen molar-refractivity contribution in [1.29, 1.82) is 5.26 Å². The van der Waals surface area contributed by atoms with Gasteiger partial charge in [0, 0.05) is 0 Å². The number of rotatable bonds is 3. The first kappa shape index (κ1) is 10.9. The SMILES string of the molecule is CC(C#N)NCC1CCCSCC1. The molecule has 0 radical (unpaired) electrons. The van der Waals surface area contributed by atoms with Crippen LogP contribution in [0.3, 0.4) is 0 Å². The highest BCUT2D eigenvalue weighted by molar-refractivity contribution is 7.99. The molecule has 0 saturated carbocycles. The summed E-state index contributed by atoms with van der Waals surface area (Å²) < 4.78 is 0. The van der Waals surface area contributed by atoms with Gasteiger partial charge in [0.2, 0.25) is 0 Å². The molecule has 0 bridgehead atoms. The summed E-state index contributed by atoms with van der Waals surface area (Å²) in [5, 5.41) is 11.9. The van der Waals surface area contributed by atoms with Gasteiger partial charge in [0.25, 0.3) is 0 Å². The highest BCUT2D eigenvalue weighted by atomic mass is 32.2. The van der Waals surface area contributed by atoms with Crippen molar-refractivity contribution >= 4 is 11.8 Å². The van der Waals surface area contributed by atoms with Crippen molar-refractivity contribution in [3.05, 3.63) is 0 Å². The highest BCUT2D eigenvalue weighted by Gasteiger charge is 2.12. The Morgan fingerprint density at radius 2 is 2.38 bits per heavy atom. The lowest BCUT2D eigenvalue weighted by Gasteiger charge is -2.15. The molecule has 2 nitrogen and oxygen atoms in total. The van der Waals surface area contributed by atoms with Crippen molar-refractivity contribution in [3.63, 3.8) is 0 Å². The molecule has 3 heteroatoms.